The van der Waals surface area contributed by atoms with Crippen LogP contribution in [0.4, 0.5) is 17.2 Å². The molecule has 0 spiro atoms. The number of benzene rings is 3. The Labute approximate surface area is 180 Å². The van der Waals surface area contributed by atoms with Crippen LogP contribution in [0.1, 0.15) is 10.4 Å². The van der Waals surface area contributed by atoms with Crippen LogP contribution in [0.25, 0.3) is 0 Å². The van der Waals surface area contributed by atoms with Gasteiger partial charge in [0, 0.05) is 23.1 Å². The number of hydrogen-bond donors (Lipinski definition) is 2. The number of carbonyl (C=O) groups is 1. The first-order valence-electron chi connectivity index (χ1n) is 9.71. The first kappa shape index (κ1) is 20.0. The predicted molar refractivity (Wildman–Crippen MR) is 121 cm³/mol. The van der Waals surface area contributed by atoms with Crippen molar-refractivity contribution in [3.8, 4) is 17.2 Å². The highest BCUT2D eigenvalue weighted by Gasteiger charge is 2.08. The van der Waals surface area contributed by atoms with Crippen LogP contribution in [0.5, 0.6) is 17.2 Å². The fourth-order valence-corrected chi connectivity index (χ4v) is 2.90. The molecule has 1 heterocycles. The van der Waals surface area contributed by atoms with E-state index in [1.807, 2.05) is 66.7 Å². The molecule has 0 radical (unpaired) electrons. The van der Waals surface area contributed by atoms with Crippen molar-refractivity contribution in [2.45, 2.75) is 0 Å². The summed E-state index contributed by atoms with van der Waals surface area (Å²) < 4.78 is 10.9. The number of amides is 1. The highest BCUT2D eigenvalue weighted by Crippen LogP contribution is 2.23. The second kappa shape index (κ2) is 9.45. The van der Waals surface area contributed by atoms with E-state index in [-0.39, 0.29) is 5.91 Å². The number of hydrogen-bond acceptors (Lipinski definition) is 5. The summed E-state index contributed by atoms with van der Waals surface area (Å²) in [6.45, 7) is 0. The molecule has 6 heteroatoms. The van der Waals surface area contributed by atoms with Gasteiger partial charge in [0.1, 0.15) is 23.1 Å². The lowest BCUT2D eigenvalue weighted by atomic mass is 10.2. The highest BCUT2D eigenvalue weighted by atomic mass is 16.5. The summed E-state index contributed by atoms with van der Waals surface area (Å²) in [5.41, 5.74) is 2.02. The van der Waals surface area contributed by atoms with Gasteiger partial charge in [0.25, 0.3) is 5.91 Å². The highest BCUT2D eigenvalue weighted by molar-refractivity contribution is 6.04. The minimum absolute atomic E-state index is 0.225. The molecule has 0 saturated heterocycles. The van der Waals surface area contributed by atoms with Crippen LogP contribution >= 0.6 is 0 Å². The molecular weight excluding hydrogens is 390 g/mol. The minimum atomic E-state index is -0.225. The van der Waals surface area contributed by atoms with E-state index in [4.69, 9.17) is 9.47 Å². The fraction of sp³-hybridized carbons (Fsp3) is 0.0400. The molecule has 154 valence electrons. The summed E-state index contributed by atoms with van der Waals surface area (Å²) >= 11 is 0. The lowest BCUT2D eigenvalue weighted by Crippen LogP contribution is -2.12. The largest absolute Gasteiger partial charge is 0.497 e. The van der Waals surface area contributed by atoms with Gasteiger partial charge in [-0.1, -0.05) is 18.2 Å². The van der Waals surface area contributed by atoms with Crippen molar-refractivity contribution in [3.63, 3.8) is 0 Å². The number of aromatic nitrogens is 1. The summed E-state index contributed by atoms with van der Waals surface area (Å²) in [6, 6.07) is 27.6. The van der Waals surface area contributed by atoms with E-state index in [0.717, 1.165) is 17.2 Å². The molecule has 6 nitrogen and oxygen atoms in total. The number of nitrogens with zero attached hydrogens (tertiary/aromatic N) is 1. The third kappa shape index (κ3) is 5.39. The van der Waals surface area contributed by atoms with Crippen LogP contribution in [0, 0.1) is 0 Å². The molecule has 4 rings (SSSR count). The van der Waals surface area contributed by atoms with Gasteiger partial charge in [-0.2, -0.15) is 0 Å². The predicted octanol–water partition coefficient (Wildman–Crippen LogP) is 5.88. The molecule has 0 aliphatic rings. The van der Waals surface area contributed by atoms with Gasteiger partial charge in [-0.3, -0.25) is 4.79 Å². The quantitative estimate of drug-likeness (QED) is 0.397. The van der Waals surface area contributed by atoms with Crippen molar-refractivity contribution in [2.24, 2.45) is 0 Å². The number of anilines is 3. The molecule has 0 fully saturated rings. The zero-order valence-corrected chi connectivity index (χ0v) is 16.9. The van der Waals surface area contributed by atoms with E-state index in [0.29, 0.717) is 22.8 Å². The smallest absolute Gasteiger partial charge is 0.255 e. The maximum Gasteiger partial charge on any atom is 0.255 e. The maximum absolute atomic E-state index is 12.7. The fourth-order valence-electron chi connectivity index (χ4n) is 2.90. The van der Waals surface area contributed by atoms with Crippen molar-refractivity contribution in [2.75, 3.05) is 17.7 Å². The summed E-state index contributed by atoms with van der Waals surface area (Å²) in [4.78, 5) is 16.9. The zero-order valence-electron chi connectivity index (χ0n) is 16.9. The van der Waals surface area contributed by atoms with Gasteiger partial charge in [0.05, 0.1) is 7.11 Å². The van der Waals surface area contributed by atoms with Crippen molar-refractivity contribution < 1.29 is 14.3 Å². The number of pyridine rings is 1. The van der Waals surface area contributed by atoms with Gasteiger partial charge in [-0.15, -0.1) is 0 Å². The van der Waals surface area contributed by atoms with Crippen LogP contribution in [0.3, 0.4) is 0 Å². The third-order valence-electron chi connectivity index (χ3n) is 4.48. The summed E-state index contributed by atoms with van der Waals surface area (Å²) in [6.07, 6.45) is 1.59. The Morgan fingerprint density at radius 1 is 0.774 bits per heavy atom. The number of methoxy groups -OCH3 is 1. The molecular formula is C25H21N3O3. The third-order valence-corrected chi connectivity index (χ3v) is 4.48. The lowest BCUT2D eigenvalue weighted by molar-refractivity contribution is 0.102. The average Bonchev–Trinajstić information content (AvgIpc) is 2.82. The van der Waals surface area contributed by atoms with Crippen LogP contribution < -0.4 is 20.1 Å². The van der Waals surface area contributed by atoms with Gasteiger partial charge < -0.3 is 20.1 Å². The Hall–Kier alpha value is -4.32. The monoisotopic (exact) mass is 411 g/mol. The topological polar surface area (TPSA) is 72.5 Å². The number of ether oxygens (including phenoxy) is 2. The molecule has 3 aromatic carbocycles. The Balaban J connectivity index is 1.39. The SMILES string of the molecule is COc1ccc(Nc2cc(C(=O)Nc3ccc(Oc4ccccc4)cc3)ccn2)cc1. The van der Waals surface area contributed by atoms with Crippen molar-refractivity contribution in [3.05, 3.63) is 103 Å². The second-order valence-electron chi connectivity index (χ2n) is 6.68. The molecule has 2 N–H and O–H groups in total. The molecule has 4 aromatic rings. The molecule has 1 aromatic heterocycles. The number of carbonyl (C=O) groups excluding carboxylic acids is 1. The lowest BCUT2D eigenvalue weighted by Gasteiger charge is -2.10. The Bertz CT molecular complexity index is 1140. The van der Waals surface area contributed by atoms with E-state index in [2.05, 4.69) is 15.6 Å². The zero-order chi connectivity index (χ0) is 21.5. The first-order valence-corrected chi connectivity index (χ1v) is 9.71. The summed E-state index contributed by atoms with van der Waals surface area (Å²) in [7, 11) is 1.62. The number of para-hydroxylation sites is 1. The van der Waals surface area contributed by atoms with Gasteiger partial charge in [-0.25, -0.2) is 4.98 Å². The van der Waals surface area contributed by atoms with E-state index in [1.54, 1.807) is 37.6 Å². The molecule has 1 amide bonds. The second-order valence-corrected chi connectivity index (χ2v) is 6.68. The standard InChI is InChI=1S/C25H21N3O3/c1-30-21-11-7-19(8-12-21)27-24-17-18(15-16-26-24)25(29)28-20-9-13-23(14-10-20)31-22-5-3-2-4-6-22/h2-17H,1H3,(H,26,27)(H,28,29). The maximum atomic E-state index is 12.7. The van der Waals surface area contributed by atoms with Crippen LogP contribution in [0.2, 0.25) is 0 Å². The first-order chi connectivity index (χ1) is 15.2. The van der Waals surface area contributed by atoms with Gasteiger partial charge in [0.15, 0.2) is 0 Å². The Kier molecular flexibility index (Phi) is 6.09. The van der Waals surface area contributed by atoms with E-state index in [1.165, 1.54) is 0 Å². The van der Waals surface area contributed by atoms with Gasteiger partial charge in [0.2, 0.25) is 0 Å². The normalized spacial score (nSPS) is 10.2. The Morgan fingerprint density at radius 3 is 2.13 bits per heavy atom. The van der Waals surface area contributed by atoms with Crippen LogP contribution in [-0.4, -0.2) is 18.0 Å². The van der Waals surface area contributed by atoms with Crippen LogP contribution in [0.15, 0.2) is 97.2 Å². The number of rotatable bonds is 7. The average molecular weight is 411 g/mol. The van der Waals surface area contributed by atoms with Crippen LogP contribution in [-0.2, 0) is 0 Å². The molecule has 31 heavy (non-hydrogen) atoms. The van der Waals surface area contributed by atoms with Crippen molar-refractivity contribution in [1.29, 1.82) is 0 Å². The summed E-state index contributed by atoms with van der Waals surface area (Å²) in [5.74, 6) is 2.57. The molecule has 0 saturated carbocycles. The molecule has 0 aliphatic carbocycles. The molecule has 0 aliphatic heterocycles. The molecule has 0 bridgehead atoms. The molecule has 0 atom stereocenters. The minimum Gasteiger partial charge on any atom is -0.497 e. The van der Waals surface area contributed by atoms with Crippen molar-refractivity contribution >= 4 is 23.1 Å². The van der Waals surface area contributed by atoms with Crippen molar-refractivity contribution in [1.82, 2.24) is 4.98 Å². The van der Waals surface area contributed by atoms with E-state index in [9.17, 15) is 4.79 Å². The van der Waals surface area contributed by atoms with Gasteiger partial charge in [-0.05, 0) is 72.8 Å². The number of nitrogens with one attached hydrogen (secondary N) is 2. The van der Waals surface area contributed by atoms with E-state index < -0.39 is 0 Å². The van der Waals surface area contributed by atoms with E-state index >= 15 is 0 Å². The van der Waals surface area contributed by atoms with Gasteiger partial charge >= 0.3 is 0 Å². The summed E-state index contributed by atoms with van der Waals surface area (Å²) in [5, 5.41) is 6.07. The molecule has 0 unspecified atom stereocenters. The Morgan fingerprint density at radius 2 is 1.42 bits per heavy atom.